The minimum atomic E-state index is -4.47. The van der Waals surface area contributed by atoms with E-state index in [-0.39, 0.29) is 18.1 Å². The average molecular weight is 431 g/mol. The summed E-state index contributed by atoms with van der Waals surface area (Å²) < 4.78 is 39.4. The molecule has 9 heteroatoms. The zero-order valence-electron chi connectivity index (χ0n) is 17.0. The molecule has 1 fully saturated rings. The first kappa shape index (κ1) is 21.2. The largest absolute Gasteiger partial charge is 0.418 e. The molecule has 0 unspecified atom stereocenters. The van der Waals surface area contributed by atoms with E-state index in [4.69, 9.17) is 0 Å². The second-order valence-electron chi connectivity index (χ2n) is 7.61. The molecule has 3 aromatic rings. The van der Waals surface area contributed by atoms with Crippen LogP contribution < -0.4 is 5.32 Å². The summed E-state index contributed by atoms with van der Waals surface area (Å²) in [7, 11) is 0. The number of rotatable bonds is 5. The van der Waals surface area contributed by atoms with E-state index in [1.807, 2.05) is 24.3 Å². The van der Waals surface area contributed by atoms with Gasteiger partial charge in [-0.25, -0.2) is 4.98 Å². The van der Waals surface area contributed by atoms with Gasteiger partial charge in [0.1, 0.15) is 5.82 Å². The molecule has 1 aromatic heterocycles. The molecule has 2 aromatic carbocycles. The number of benzene rings is 2. The smallest absolute Gasteiger partial charge is 0.376 e. The van der Waals surface area contributed by atoms with Crippen LogP contribution >= 0.6 is 0 Å². The molecular weight excluding hydrogens is 407 g/mol. The first-order chi connectivity index (χ1) is 14.9. The Morgan fingerprint density at radius 3 is 2.61 bits per heavy atom. The van der Waals surface area contributed by atoms with E-state index >= 15 is 0 Å². The summed E-state index contributed by atoms with van der Waals surface area (Å²) in [6, 6.07) is 13.1. The number of fused-ring (bicyclic) bond motifs is 1. The fourth-order valence-corrected chi connectivity index (χ4v) is 3.84. The Morgan fingerprint density at radius 1 is 1.03 bits per heavy atom. The molecule has 0 bridgehead atoms. The van der Waals surface area contributed by atoms with Crippen LogP contribution in [0, 0.1) is 0 Å². The van der Waals surface area contributed by atoms with Gasteiger partial charge in [-0.15, -0.1) is 0 Å². The first-order valence-electron chi connectivity index (χ1n) is 10.2. The van der Waals surface area contributed by atoms with E-state index in [0.29, 0.717) is 26.2 Å². The lowest BCUT2D eigenvalue weighted by Crippen LogP contribution is -2.38. The van der Waals surface area contributed by atoms with Crippen LogP contribution in [0.25, 0.3) is 11.0 Å². The number of aromatic nitrogens is 2. The van der Waals surface area contributed by atoms with E-state index in [2.05, 4.69) is 20.2 Å². The number of para-hydroxylation sites is 3. The van der Waals surface area contributed by atoms with Crippen molar-refractivity contribution in [1.82, 2.24) is 19.8 Å². The van der Waals surface area contributed by atoms with Gasteiger partial charge in [0.25, 0.3) is 0 Å². The molecule has 1 aliphatic heterocycles. The third-order valence-electron chi connectivity index (χ3n) is 5.42. The fourth-order valence-electron chi connectivity index (χ4n) is 3.84. The van der Waals surface area contributed by atoms with Crippen molar-refractivity contribution in [1.29, 1.82) is 0 Å². The Morgan fingerprint density at radius 2 is 1.81 bits per heavy atom. The lowest BCUT2D eigenvalue weighted by molar-refractivity contribution is -0.137. The Balaban J connectivity index is 1.32. The van der Waals surface area contributed by atoms with Crippen molar-refractivity contribution < 1.29 is 18.0 Å². The minimum absolute atomic E-state index is 0.0790. The number of carbonyl (C=O) groups excluding carboxylic acids is 1. The summed E-state index contributed by atoms with van der Waals surface area (Å²) in [5.41, 5.74) is 1.07. The van der Waals surface area contributed by atoms with Crippen LogP contribution in [0.15, 0.2) is 48.5 Å². The maximum absolute atomic E-state index is 13.1. The van der Waals surface area contributed by atoms with Crippen LogP contribution in [0.4, 0.5) is 18.9 Å². The van der Waals surface area contributed by atoms with Crippen molar-refractivity contribution in [2.45, 2.75) is 19.1 Å². The number of amides is 1. The van der Waals surface area contributed by atoms with Gasteiger partial charge in [0.05, 0.1) is 29.7 Å². The van der Waals surface area contributed by atoms with E-state index < -0.39 is 11.7 Å². The second-order valence-corrected chi connectivity index (χ2v) is 7.61. The molecule has 0 atom stereocenters. The molecule has 4 rings (SSSR count). The van der Waals surface area contributed by atoms with Gasteiger partial charge in [0.2, 0.25) is 5.91 Å². The van der Waals surface area contributed by atoms with Gasteiger partial charge in [-0.05, 0) is 30.7 Å². The van der Waals surface area contributed by atoms with Crippen LogP contribution in [0.5, 0.6) is 0 Å². The molecule has 2 N–H and O–H groups in total. The highest BCUT2D eigenvalue weighted by atomic mass is 19.4. The summed E-state index contributed by atoms with van der Waals surface area (Å²) >= 11 is 0. The number of hydrogen-bond acceptors (Lipinski definition) is 4. The molecule has 0 aliphatic carbocycles. The molecule has 0 radical (unpaired) electrons. The Hall–Kier alpha value is -3.07. The van der Waals surface area contributed by atoms with Crippen molar-refractivity contribution in [2.24, 2.45) is 0 Å². The van der Waals surface area contributed by atoms with Crippen molar-refractivity contribution in [3.8, 4) is 0 Å². The summed E-state index contributed by atoms with van der Waals surface area (Å²) in [6.45, 7) is 3.11. The minimum Gasteiger partial charge on any atom is -0.376 e. The van der Waals surface area contributed by atoms with Gasteiger partial charge in [-0.3, -0.25) is 9.69 Å². The average Bonchev–Trinajstić information content (AvgIpc) is 3.01. The zero-order chi connectivity index (χ0) is 21.8. The first-order valence-corrected chi connectivity index (χ1v) is 10.2. The summed E-state index contributed by atoms with van der Waals surface area (Å²) in [6.07, 6.45) is -3.67. The summed E-state index contributed by atoms with van der Waals surface area (Å²) in [5, 5.41) is 2.66. The van der Waals surface area contributed by atoms with Crippen molar-refractivity contribution in [3.63, 3.8) is 0 Å². The second kappa shape index (κ2) is 8.97. The van der Waals surface area contributed by atoms with Crippen LogP contribution in [-0.2, 0) is 17.5 Å². The van der Waals surface area contributed by atoms with Crippen molar-refractivity contribution in [3.05, 3.63) is 59.9 Å². The fraction of sp³-hybridized carbons (Fsp3) is 0.364. The van der Waals surface area contributed by atoms with Crippen LogP contribution in [0.3, 0.4) is 0 Å². The van der Waals surface area contributed by atoms with Crippen LogP contribution in [0.2, 0.25) is 0 Å². The predicted octanol–water partition coefficient (Wildman–Crippen LogP) is 3.73. The lowest BCUT2D eigenvalue weighted by Gasteiger charge is -2.22. The summed E-state index contributed by atoms with van der Waals surface area (Å²) in [5.74, 6) is 0.675. The molecule has 164 valence electrons. The number of H-pyrrole nitrogens is 1. The molecule has 31 heavy (non-hydrogen) atoms. The molecule has 0 saturated carbocycles. The Kier molecular flexibility index (Phi) is 6.13. The number of carbonyl (C=O) groups is 1. The Bertz CT molecular complexity index is 1020. The molecule has 0 spiro atoms. The zero-order valence-corrected chi connectivity index (χ0v) is 17.0. The molecule has 1 aliphatic rings. The summed E-state index contributed by atoms with van der Waals surface area (Å²) in [4.78, 5) is 24.5. The van der Waals surface area contributed by atoms with Gasteiger partial charge in [0.15, 0.2) is 0 Å². The van der Waals surface area contributed by atoms with E-state index in [0.717, 1.165) is 35.9 Å². The predicted molar refractivity (Wildman–Crippen MR) is 113 cm³/mol. The number of nitrogens with zero attached hydrogens (tertiary/aromatic N) is 3. The van der Waals surface area contributed by atoms with Gasteiger partial charge >= 0.3 is 6.18 Å². The van der Waals surface area contributed by atoms with Gasteiger partial charge in [-0.2, -0.15) is 13.2 Å². The number of imidazole rings is 1. The Labute approximate surface area is 178 Å². The van der Waals surface area contributed by atoms with Crippen LogP contribution in [0.1, 0.15) is 17.8 Å². The molecule has 6 nitrogen and oxygen atoms in total. The maximum Gasteiger partial charge on any atom is 0.418 e. The van der Waals surface area contributed by atoms with Crippen molar-refractivity contribution in [2.75, 3.05) is 38.0 Å². The highest BCUT2D eigenvalue weighted by Gasteiger charge is 2.33. The normalized spacial score (nSPS) is 15.8. The molecule has 1 amide bonds. The maximum atomic E-state index is 13.1. The monoisotopic (exact) mass is 431 g/mol. The highest BCUT2D eigenvalue weighted by Crippen LogP contribution is 2.34. The SMILES string of the molecule is O=C(CNc1ccccc1C(F)(F)F)N1CCCN(Cc2nc3ccccc3[nH]2)CC1. The van der Waals surface area contributed by atoms with Crippen LogP contribution in [-0.4, -0.2) is 58.4 Å². The number of aromatic amines is 1. The highest BCUT2D eigenvalue weighted by molar-refractivity contribution is 5.81. The van der Waals surface area contributed by atoms with Gasteiger partial charge < -0.3 is 15.2 Å². The standard InChI is InChI=1S/C22H24F3N5O/c23-22(24,25)16-6-1-2-7-17(16)26-14-21(31)30-11-5-10-29(12-13-30)15-20-27-18-8-3-4-9-19(18)28-20/h1-4,6-9,26H,5,10-15H2,(H,27,28). The molecular formula is C22H24F3N5O. The lowest BCUT2D eigenvalue weighted by atomic mass is 10.1. The van der Waals surface area contributed by atoms with E-state index in [1.165, 1.54) is 18.2 Å². The quantitative estimate of drug-likeness (QED) is 0.646. The number of anilines is 1. The third-order valence-corrected chi connectivity index (χ3v) is 5.42. The van der Waals surface area contributed by atoms with Gasteiger partial charge in [0, 0.05) is 31.9 Å². The number of nitrogens with one attached hydrogen (secondary N) is 2. The third kappa shape index (κ3) is 5.16. The molecule has 2 heterocycles. The molecule has 1 saturated heterocycles. The number of alkyl halides is 3. The van der Waals surface area contributed by atoms with Crippen molar-refractivity contribution >= 4 is 22.6 Å². The van der Waals surface area contributed by atoms with Gasteiger partial charge in [-0.1, -0.05) is 24.3 Å². The number of halogens is 3. The topological polar surface area (TPSA) is 64.3 Å². The van der Waals surface area contributed by atoms with E-state index in [1.54, 1.807) is 4.90 Å². The number of hydrogen-bond donors (Lipinski definition) is 2. The van der Waals surface area contributed by atoms with E-state index in [9.17, 15) is 18.0 Å².